The van der Waals surface area contributed by atoms with Crippen molar-refractivity contribution in [3.63, 3.8) is 0 Å². The van der Waals surface area contributed by atoms with E-state index < -0.39 is 12.4 Å². The number of rotatable bonds is 5. The van der Waals surface area contributed by atoms with E-state index in [9.17, 15) is 13.6 Å². The van der Waals surface area contributed by atoms with Crippen molar-refractivity contribution >= 4 is 17.0 Å². The van der Waals surface area contributed by atoms with Crippen LogP contribution in [-0.4, -0.2) is 33.0 Å². The highest BCUT2D eigenvalue weighted by molar-refractivity contribution is 5.89. The number of carboxylic acid groups (broad SMARTS) is 1. The maximum absolute atomic E-state index is 13.9. The fraction of sp³-hybridized carbons (Fsp3) is 0.136. The Bertz CT molecular complexity index is 1250. The molecule has 6 nitrogen and oxygen atoms in total. The molecule has 0 radical (unpaired) electrons. The van der Waals surface area contributed by atoms with Crippen LogP contribution in [0.1, 0.15) is 28.0 Å². The summed E-state index contributed by atoms with van der Waals surface area (Å²) in [5.41, 5.74) is 2.14. The second-order valence-corrected chi connectivity index (χ2v) is 6.68. The summed E-state index contributed by atoms with van der Waals surface area (Å²) in [4.78, 5) is 15.7. The number of hydrogen-bond acceptors (Lipinski definition) is 4. The van der Waals surface area contributed by atoms with E-state index in [-0.39, 0.29) is 22.2 Å². The minimum atomic E-state index is -2.72. The first kappa shape index (κ1) is 19.5. The van der Waals surface area contributed by atoms with E-state index in [1.165, 1.54) is 30.0 Å². The lowest BCUT2D eigenvalue weighted by molar-refractivity contribution is 0.0697. The molecule has 0 amide bonds. The largest absolute Gasteiger partial charge is 0.497 e. The number of aromatic nitrogens is 3. The first-order chi connectivity index (χ1) is 14.4. The van der Waals surface area contributed by atoms with Gasteiger partial charge in [-0.15, -0.1) is 0 Å². The summed E-state index contributed by atoms with van der Waals surface area (Å²) in [6.45, 7) is 1.64. The van der Waals surface area contributed by atoms with Crippen molar-refractivity contribution in [1.29, 1.82) is 0 Å². The van der Waals surface area contributed by atoms with Crippen molar-refractivity contribution in [3.8, 4) is 22.7 Å². The number of methoxy groups -OCH3 is 1. The molecule has 0 bridgehead atoms. The first-order valence-corrected chi connectivity index (χ1v) is 9.05. The zero-order valence-corrected chi connectivity index (χ0v) is 16.1. The maximum atomic E-state index is 13.9. The Morgan fingerprint density at radius 3 is 2.50 bits per heavy atom. The molecule has 0 atom stereocenters. The van der Waals surface area contributed by atoms with Crippen LogP contribution in [0.5, 0.6) is 5.75 Å². The Kier molecular flexibility index (Phi) is 4.91. The molecule has 2 aromatic heterocycles. The van der Waals surface area contributed by atoms with E-state index in [4.69, 9.17) is 9.84 Å². The molecule has 0 unspecified atom stereocenters. The molecule has 4 rings (SSSR count). The molecule has 2 aromatic carbocycles. The lowest BCUT2D eigenvalue weighted by atomic mass is 10.1. The number of aromatic carboxylic acids is 1. The number of nitrogens with zero attached hydrogens (tertiary/aromatic N) is 3. The van der Waals surface area contributed by atoms with Crippen LogP contribution < -0.4 is 4.74 Å². The number of halogens is 2. The van der Waals surface area contributed by atoms with E-state index in [0.717, 1.165) is 0 Å². The molecule has 0 saturated heterocycles. The van der Waals surface area contributed by atoms with Crippen LogP contribution in [0.3, 0.4) is 0 Å². The first-order valence-electron chi connectivity index (χ1n) is 9.05. The lowest BCUT2D eigenvalue weighted by Crippen LogP contribution is -2.01. The molecule has 0 aliphatic heterocycles. The third-order valence-electron chi connectivity index (χ3n) is 4.80. The van der Waals surface area contributed by atoms with Gasteiger partial charge >= 0.3 is 5.97 Å². The molecule has 2 heterocycles. The fourth-order valence-electron chi connectivity index (χ4n) is 3.35. The summed E-state index contributed by atoms with van der Waals surface area (Å²) in [6, 6.07) is 14.4. The van der Waals surface area contributed by atoms with Crippen molar-refractivity contribution in [2.45, 2.75) is 13.3 Å². The minimum absolute atomic E-state index is 0.116. The molecule has 30 heavy (non-hydrogen) atoms. The van der Waals surface area contributed by atoms with Crippen LogP contribution >= 0.6 is 0 Å². The molecule has 0 aliphatic carbocycles. The number of pyridine rings is 1. The summed E-state index contributed by atoms with van der Waals surface area (Å²) in [6.07, 6.45) is -2.72. The van der Waals surface area contributed by atoms with Crippen molar-refractivity contribution in [3.05, 3.63) is 71.4 Å². The quantitative estimate of drug-likeness (QED) is 0.500. The molecule has 0 spiro atoms. The van der Waals surface area contributed by atoms with Gasteiger partial charge in [-0.1, -0.05) is 12.1 Å². The molecule has 0 fully saturated rings. The summed E-state index contributed by atoms with van der Waals surface area (Å²) in [7, 11) is 1.53. The van der Waals surface area contributed by atoms with Gasteiger partial charge in [-0.25, -0.2) is 23.2 Å². The van der Waals surface area contributed by atoms with Gasteiger partial charge in [0.2, 0.25) is 0 Å². The van der Waals surface area contributed by atoms with Crippen LogP contribution in [0.4, 0.5) is 8.78 Å². The number of hydrogen-bond donors (Lipinski definition) is 1. The molecule has 0 saturated carbocycles. The number of benzene rings is 2. The highest BCUT2D eigenvalue weighted by Crippen LogP contribution is 2.34. The smallest absolute Gasteiger partial charge is 0.335 e. The number of ether oxygens (including phenoxy) is 1. The topological polar surface area (TPSA) is 77.2 Å². The van der Waals surface area contributed by atoms with E-state index in [1.807, 2.05) is 0 Å². The van der Waals surface area contributed by atoms with Crippen LogP contribution in [0.25, 0.3) is 28.0 Å². The predicted octanol–water partition coefficient (Wildman–Crippen LogP) is 5.04. The summed E-state index contributed by atoms with van der Waals surface area (Å²) < 4.78 is 34.5. The highest BCUT2D eigenvalue weighted by atomic mass is 19.3. The molecule has 4 aromatic rings. The van der Waals surface area contributed by atoms with Crippen molar-refractivity contribution in [1.82, 2.24) is 14.8 Å². The number of carboxylic acids is 1. The molecule has 152 valence electrons. The van der Waals surface area contributed by atoms with Crippen LogP contribution in [0.15, 0.2) is 54.6 Å². The minimum Gasteiger partial charge on any atom is -0.497 e. The Hall–Kier alpha value is -3.81. The van der Waals surface area contributed by atoms with Crippen LogP contribution in [0, 0.1) is 6.92 Å². The normalized spacial score (nSPS) is 11.2. The fourth-order valence-corrected chi connectivity index (χ4v) is 3.35. The number of alkyl halides is 2. The molecule has 0 aliphatic rings. The van der Waals surface area contributed by atoms with Gasteiger partial charge in [-0.2, -0.15) is 5.10 Å². The standard InChI is InChI=1S/C22H17F2N3O3/c1-12-19-17(20(23)24)11-18(14-4-3-5-16(10-14)30-2)25-21(19)27(26-12)15-8-6-13(7-9-15)22(28)29/h3-11,20H,1-2H3,(H,28,29). The van der Waals surface area contributed by atoms with Crippen molar-refractivity contribution in [2.24, 2.45) is 0 Å². The van der Waals surface area contributed by atoms with Gasteiger partial charge in [0.1, 0.15) is 5.75 Å². The second-order valence-electron chi connectivity index (χ2n) is 6.68. The number of fused-ring (bicyclic) bond motifs is 1. The lowest BCUT2D eigenvalue weighted by Gasteiger charge is -2.10. The van der Waals surface area contributed by atoms with Gasteiger partial charge in [0.15, 0.2) is 5.65 Å². The van der Waals surface area contributed by atoms with Gasteiger partial charge in [0.25, 0.3) is 6.43 Å². The van der Waals surface area contributed by atoms with Gasteiger partial charge in [0, 0.05) is 11.1 Å². The third-order valence-corrected chi connectivity index (χ3v) is 4.80. The molecular formula is C22H17F2N3O3. The third kappa shape index (κ3) is 3.36. The van der Waals surface area contributed by atoms with Gasteiger partial charge < -0.3 is 9.84 Å². The van der Waals surface area contributed by atoms with E-state index in [0.29, 0.717) is 28.4 Å². The summed E-state index contributed by atoms with van der Waals surface area (Å²) in [5.74, 6) is -0.469. The van der Waals surface area contributed by atoms with E-state index >= 15 is 0 Å². The number of carbonyl (C=O) groups is 1. The van der Waals surface area contributed by atoms with Crippen molar-refractivity contribution in [2.75, 3.05) is 7.11 Å². The Balaban J connectivity index is 1.96. The average Bonchev–Trinajstić information content (AvgIpc) is 3.09. The molecule has 8 heteroatoms. The zero-order chi connectivity index (χ0) is 21.4. The Morgan fingerprint density at radius 1 is 1.13 bits per heavy atom. The number of aryl methyl sites for hydroxylation is 1. The van der Waals surface area contributed by atoms with Gasteiger partial charge in [-0.05, 0) is 49.4 Å². The summed E-state index contributed by atoms with van der Waals surface area (Å²) in [5, 5.41) is 13.8. The van der Waals surface area contributed by atoms with Crippen molar-refractivity contribution < 1.29 is 23.4 Å². The molecular weight excluding hydrogens is 392 g/mol. The predicted molar refractivity (Wildman–Crippen MR) is 108 cm³/mol. The maximum Gasteiger partial charge on any atom is 0.335 e. The SMILES string of the molecule is COc1cccc(-c2cc(C(F)F)c3c(C)nn(-c4ccc(C(=O)O)cc4)c3n2)c1. The second kappa shape index (κ2) is 7.55. The van der Waals surface area contributed by atoms with E-state index in [2.05, 4.69) is 10.1 Å². The Labute approximate surface area is 170 Å². The zero-order valence-electron chi connectivity index (χ0n) is 16.1. The van der Waals surface area contributed by atoms with Crippen LogP contribution in [0.2, 0.25) is 0 Å². The van der Waals surface area contributed by atoms with Gasteiger partial charge in [0.05, 0.1) is 35.1 Å². The Morgan fingerprint density at radius 2 is 1.87 bits per heavy atom. The highest BCUT2D eigenvalue weighted by Gasteiger charge is 2.22. The molecule has 1 N–H and O–H groups in total. The average molecular weight is 409 g/mol. The van der Waals surface area contributed by atoms with Crippen LogP contribution in [-0.2, 0) is 0 Å². The van der Waals surface area contributed by atoms with Gasteiger partial charge in [-0.3, -0.25) is 0 Å². The summed E-state index contributed by atoms with van der Waals surface area (Å²) >= 11 is 0. The van der Waals surface area contributed by atoms with E-state index in [1.54, 1.807) is 43.3 Å². The monoisotopic (exact) mass is 409 g/mol.